The first-order chi connectivity index (χ1) is 10.2. The average Bonchev–Trinajstić information content (AvgIpc) is 3.23. The van der Waals surface area contributed by atoms with Crippen LogP contribution < -0.4 is 4.74 Å². The highest BCUT2D eigenvalue weighted by Crippen LogP contribution is 2.42. The number of aromatic nitrogens is 2. The Hall–Kier alpha value is -2.43. The fourth-order valence-electron chi connectivity index (χ4n) is 2.30. The van der Waals surface area contributed by atoms with E-state index in [4.69, 9.17) is 9.26 Å². The minimum atomic E-state index is -0.302. The average molecular weight is 284 g/mol. The lowest BCUT2D eigenvalue weighted by Crippen LogP contribution is -1.90. The molecule has 0 aliphatic heterocycles. The van der Waals surface area contributed by atoms with Crippen molar-refractivity contribution in [3.8, 4) is 11.6 Å². The van der Waals surface area contributed by atoms with Gasteiger partial charge in [0.05, 0.1) is 11.1 Å². The smallest absolute Gasteiger partial charge is 0.261 e. The van der Waals surface area contributed by atoms with Crippen LogP contribution in [0.3, 0.4) is 0 Å². The number of hydrogen-bond acceptors (Lipinski definition) is 4. The van der Waals surface area contributed by atoms with Gasteiger partial charge in [0, 0.05) is 18.1 Å². The second-order valence-electron chi connectivity index (χ2n) is 5.36. The Labute approximate surface area is 120 Å². The normalized spacial score (nSPS) is 14.6. The molecule has 5 heteroatoms. The summed E-state index contributed by atoms with van der Waals surface area (Å²) >= 11 is 0. The molecule has 21 heavy (non-hydrogen) atoms. The molecule has 2 heterocycles. The highest BCUT2D eigenvalue weighted by Gasteiger charge is 2.29. The summed E-state index contributed by atoms with van der Waals surface area (Å²) in [4.78, 5) is 4.28. The van der Waals surface area contributed by atoms with Crippen molar-refractivity contribution in [1.29, 1.82) is 0 Å². The fraction of sp³-hybridized carbons (Fsp3) is 0.250. The Bertz CT molecular complexity index is 824. The van der Waals surface area contributed by atoms with E-state index in [2.05, 4.69) is 10.1 Å². The number of aryl methyl sites for hydroxylation is 1. The topological polar surface area (TPSA) is 48.2 Å². The van der Waals surface area contributed by atoms with Gasteiger partial charge in [-0.2, -0.15) is 4.98 Å². The Morgan fingerprint density at radius 3 is 2.86 bits per heavy atom. The molecule has 106 valence electrons. The van der Waals surface area contributed by atoms with E-state index >= 15 is 0 Å². The van der Waals surface area contributed by atoms with Crippen LogP contribution in [0.1, 0.15) is 30.0 Å². The minimum Gasteiger partial charge on any atom is -0.439 e. The van der Waals surface area contributed by atoms with Crippen molar-refractivity contribution in [1.82, 2.24) is 10.1 Å². The van der Waals surface area contributed by atoms with Crippen molar-refractivity contribution in [3.63, 3.8) is 0 Å². The Balaban J connectivity index is 1.65. The number of benzene rings is 1. The quantitative estimate of drug-likeness (QED) is 0.717. The van der Waals surface area contributed by atoms with Crippen molar-refractivity contribution < 1.29 is 13.7 Å². The molecule has 0 amide bonds. The number of nitrogens with zero attached hydrogens (tertiary/aromatic N) is 2. The second-order valence-corrected chi connectivity index (χ2v) is 5.36. The molecule has 1 aliphatic carbocycles. The van der Waals surface area contributed by atoms with Gasteiger partial charge in [0.2, 0.25) is 5.88 Å². The zero-order valence-electron chi connectivity index (χ0n) is 11.5. The first-order valence-electron chi connectivity index (χ1n) is 6.91. The predicted molar refractivity (Wildman–Crippen MR) is 75.0 cm³/mol. The van der Waals surface area contributed by atoms with Crippen molar-refractivity contribution in [2.75, 3.05) is 0 Å². The number of pyridine rings is 1. The molecule has 0 spiro atoms. The van der Waals surface area contributed by atoms with Gasteiger partial charge in [0.1, 0.15) is 11.6 Å². The van der Waals surface area contributed by atoms with Crippen LogP contribution in [0, 0.1) is 12.7 Å². The van der Waals surface area contributed by atoms with Gasteiger partial charge in [-0.1, -0.05) is 11.2 Å². The van der Waals surface area contributed by atoms with Gasteiger partial charge in [-0.15, -0.1) is 0 Å². The van der Waals surface area contributed by atoms with Gasteiger partial charge in [-0.05, 0) is 37.5 Å². The van der Waals surface area contributed by atoms with E-state index in [9.17, 15) is 4.39 Å². The van der Waals surface area contributed by atoms with Gasteiger partial charge in [0.15, 0.2) is 0 Å². The van der Waals surface area contributed by atoms with Crippen LogP contribution in [-0.2, 0) is 0 Å². The number of halogens is 1. The van der Waals surface area contributed by atoms with Gasteiger partial charge in [0.25, 0.3) is 5.71 Å². The number of rotatable bonds is 3. The van der Waals surface area contributed by atoms with Gasteiger partial charge in [-0.25, -0.2) is 4.39 Å². The van der Waals surface area contributed by atoms with Crippen molar-refractivity contribution in [2.24, 2.45) is 0 Å². The molecular weight excluding hydrogens is 271 g/mol. The second kappa shape index (κ2) is 4.55. The SMILES string of the molecule is Cc1ccc(Oc2ccc3c(C4CC4)noc3n2)cc1F. The summed E-state index contributed by atoms with van der Waals surface area (Å²) in [6.45, 7) is 1.71. The zero-order valence-corrected chi connectivity index (χ0v) is 11.5. The molecule has 4 rings (SSSR count). The molecule has 1 fully saturated rings. The monoisotopic (exact) mass is 284 g/mol. The lowest BCUT2D eigenvalue weighted by atomic mass is 10.2. The summed E-state index contributed by atoms with van der Waals surface area (Å²) in [7, 11) is 0. The van der Waals surface area contributed by atoms with E-state index in [0.29, 0.717) is 28.8 Å². The molecule has 0 bridgehead atoms. The van der Waals surface area contributed by atoms with Crippen LogP contribution >= 0.6 is 0 Å². The molecule has 4 nitrogen and oxygen atoms in total. The van der Waals surface area contributed by atoms with E-state index in [1.807, 2.05) is 6.07 Å². The molecule has 2 aromatic heterocycles. The van der Waals surface area contributed by atoms with E-state index in [-0.39, 0.29) is 5.82 Å². The third kappa shape index (κ3) is 2.24. The summed E-state index contributed by atoms with van der Waals surface area (Å²) in [5.74, 6) is 0.978. The summed E-state index contributed by atoms with van der Waals surface area (Å²) < 4.78 is 24.3. The summed E-state index contributed by atoms with van der Waals surface area (Å²) in [5.41, 5.74) is 2.02. The molecule has 0 saturated heterocycles. The Morgan fingerprint density at radius 1 is 1.24 bits per heavy atom. The summed E-state index contributed by atoms with van der Waals surface area (Å²) in [6, 6.07) is 8.37. The van der Waals surface area contributed by atoms with Crippen LogP contribution in [0.4, 0.5) is 4.39 Å². The molecule has 1 saturated carbocycles. The number of ether oxygens (including phenoxy) is 1. The van der Waals surface area contributed by atoms with E-state index in [1.54, 1.807) is 25.1 Å². The maximum atomic E-state index is 13.5. The van der Waals surface area contributed by atoms with Crippen LogP contribution in [0.15, 0.2) is 34.9 Å². The maximum absolute atomic E-state index is 13.5. The van der Waals surface area contributed by atoms with Gasteiger partial charge < -0.3 is 9.26 Å². The molecule has 0 radical (unpaired) electrons. The minimum absolute atomic E-state index is 0.302. The number of hydrogen-bond donors (Lipinski definition) is 0. The largest absolute Gasteiger partial charge is 0.439 e. The van der Waals surface area contributed by atoms with Crippen LogP contribution in [0.5, 0.6) is 11.6 Å². The molecule has 0 N–H and O–H groups in total. The first kappa shape index (κ1) is 12.3. The van der Waals surface area contributed by atoms with Gasteiger partial charge >= 0.3 is 0 Å². The molecule has 1 aliphatic rings. The lowest BCUT2D eigenvalue weighted by Gasteiger charge is -2.05. The van der Waals surface area contributed by atoms with Crippen LogP contribution in [0.25, 0.3) is 11.1 Å². The van der Waals surface area contributed by atoms with Crippen LogP contribution in [0.2, 0.25) is 0 Å². The zero-order chi connectivity index (χ0) is 14.4. The summed E-state index contributed by atoms with van der Waals surface area (Å²) in [6.07, 6.45) is 2.31. The van der Waals surface area contributed by atoms with E-state index in [1.165, 1.54) is 6.07 Å². The van der Waals surface area contributed by atoms with Crippen molar-refractivity contribution in [3.05, 3.63) is 47.4 Å². The maximum Gasteiger partial charge on any atom is 0.261 e. The summed E-state index contributed by atoms with van der Waals surface area (Å²) in [5, 5.41) is 5.01. The predicted octanol–water partition coefficient (Wildman–Crippen LogP) is 4.34. The highest BCUT2D eigenvalue weighted by atomic mass is 19.1. The van der Waals surface area contributed by atoms with E-state index in [0.717, 1.165) is 23.9 Å². The van der Waals surface area contributed by atoms with Gasteiger partial charge in [-0.3, -0.25) is 0 Å². The molecule has 0 atom stereocenters. The first-order valence-corrected chi connectivity index (χ1v) is 6.91. The lowest BCUT2D eigenvalue weighted by molar-refractivity contribution is 0.425. The molecule has 3 aromatic rings. The Morgan fingerprint density at radius 2 is 2.10 bits per heavy atom. The van der Waals surface area contributed by atoms with Crippen molar-refractivity contribution in [2.45, 2.75) is 25.7 Å². The Kier molecular flexibility index (Phi) is 2.67. The van der Waals surface area contributed by atoms with E-state index < -0.39 is 0 Å². The third-order valence-electron chi connectivity index (χ3n) is 3.67. The van der Waals surface area contributed by atoms with Crippen LogP contribution in [-0.4, -0.2) is 10.1 Å². The van der Waals surface area contributed by atoms with Crippen molar-refractivity contribution >= 4 is 11.1 Å². The standard InChI is InChI=1S/C16H13FN2O2/c1-9-2-5-11(8-13(9)17)20-14-7-6-12-15(10-3-4-10)19-21-16(12)18-14/h2,5-8,10H,3-4H2,1H3. The third-order valence-corrected chi connectivity index (χ3v) is 3.67. The number of fused-ring (bicyclic) bond motifs is 1. The molecule has 1 aromatic carbocycles. The highest BCUT2D eigenvalue weighted by molar-refractivity contribution is 5.77. The fourth-order valence-corrected chi connectivity index (χ4v) is 2.30. The molecule has 0 unspecified atom stereocenters. The molecular formula is C16H13FN2O2.